The van der Waals surface area contributed by atoms with Crippen LogP contribution in [0.1, 0.15) is 5.56 Å². The maximum atomic E-state index is 13.6. The van der Waals surface area contributed by atoms with Crippen molar-refractivity contribution in [3.05, 3.63) is 47.5 Å². The Morgan fingerprint density at radius 3 is 2.68 bits per heavy atom. The van der Waals surface area contributed by atoms with E-state index in [0.717, 1.165) is 17.2 Å². The van der Waals surface area contributed by atoms with E-state index >= 15 is 0 Å². The Balaban J connectivity index is 2.23. The van der Waals surface area contributed by atoms with Gasteiger partial charge in [0.25, 0.3) is 0 Å². The fourth-order valence-corrected chi connectivity index (χ4v) is 2.12. The van der Waals surface area contributed by atoms with Gasteiger partial charge < -0.3 is 10.7 Å². The van der Waals surface area contributed by atoms with Gasteiger partial charge in [0.05, 0.1) is 5.52 Å². The fourth-order valence-electron chi connectivity index (χ4n) is 2.12. The molecule has 3 N–H and O–H groups in total. The number of benzene rings is 2. The lowest BCUT2D eigenvalue weighted by Crippen LogP contribution is -1.89. The number of nitrogens with one attached hydrogen (secondary N) is 1. The molecule has 0 aliphatic carbocycles. The quantitative estimate of drug-likeness (QED) is 0.658. The smallest absolute Gasteiger partial charge is 0.153 e. The topological polar surface area (TPSA) is 54.7 Å². The van der Waals surface area contributed by atoms with E-state index in [4.69, 9.17) is 5.73 Å². The maximum absolute atomic E-state index is 13.6. The zero-order chi connectivity index (χ0) is 13.6. The molecule has 0 radical (unpaired) electrons. The van der Waals surface area contributed by atoms with Gasteiger partial charge in [0.15, 0.2) is 5.82 Å². The van der Waals surface area contributed by atoms with Crippen LogP contribution in [0.5, 0.6) is 0 Å². The molecular weight excluding hydrogens is 248 g/mol. The van der Waals surface area contributed by atoms with Crippen LogP contribution >= 0.6 is 0 Å². The molecule has 3 rings (SSSR count). The molecule has 96 valence electrons. The van der Waals surface area contributed by atoms with Crippen molar-refractivity contribution < 1.29 is 8.78 Å². The van der Waals surface area contributed by atoms with E-state index < -0.39 is 11.6 Å². The molecule has 0 atom stereocenters. The van der Waals surface area contributed by atoms with Crippen LogP contribution in [0.3, 0.4) is 0 Å². The molecule has 0 amide bonds. The van der Waals surface area contributed by atoms with E-state index in [1.54, 1.807) is 18.2 Å². The van der Waals surface area contributed by atoms with E-state index in [1.165, 1.54) is 6.07 Å². The molecule has 0 aliphatic heterocycles. The zero-order valence-corrected chi connectivity index (χ0v) is 10.2. The first-order valence-corrected chi connectivity index (χ1v) is 5.76. The van der Waals surface area contributed by atoms with Gasteiger partial charge in [-0.05, 0) is 36.8 Å². The number of aryl methyl sites for hydroxylation is 1. The number of hydrogen-bond donors (Lipinski definition) is 2. The van der Waals surface area contributed by atoms with Crippen LogP contribution in [0.15, 0.2) is 30.3 Å². The predicted molar refractivity (Wildman–Crippen MR) is 70.6 cm³/mol. The second-order valence-electron chi connectivity index (χ2n) is 4.44. The summed E-state index contributed by atoms with van der Waals surface area (Å²) in [7, 11) is 0. The van der Waals surface area contributed by atoms with Crippen LogP contribution in [-0.4, -0.2) is 9.97 Å². The van der Waals surface area contributed by atoms with E-state index in [0.29, 0.717) is 17.0 Å². The Bertz CT molecular complexity index is 778. The summed E-state index contributed by atoms with van der Waals surface area (Å²) in [6.45, 7) is 1.88. The number of rotatable bonds is 1. The first-order chi connectivity index (χ1) is 9.04. The highest BCUT2D eigenvalue weighted by molar-refractivity contribution is 5.80. The third-order valence-corrected chi connectivity index (χ3v) is 3.01. The Morgan fingerprint density at radius 2 is 1.95 bits per heavy atom. The molecule has 5 heteroatoms. The van der Waals surface area contributed by atoms with Gasteiger partial charge in [-0.1, -0.05) is 0 Å². The Hall–Kier alpha value is -2.43. The van der Waals surface area contributed by atoms with Crippen molar-refractivity contribution in [3.63, 3.8) is 0 Å². The minimum absolute atomic E-state index is 0.132. The molecule has 2 aromatic carbocycles. The molecule has 1 heterocycles. The van der Waals surface area contributed by atoms with Gasteiger partial charge in [0.2, 0.25) is 0 Å². The number of hydrogen-bond acceptors (Lipinski definition) is 2. The summed E-state index contributed by atoms with van der Waals surface area (Å²) in [6.07, 6.45) is 0. The highest BCUT2D eigenvalue weighted by atomic mass is 19.1. The summed E-state index contributed by atoms with van der Waals surface area (Å²) in [5.74, 6) is -0.808. The van der Waals surface area contributed by atoms with Gasteiger partial charge in [-0.2, -0.15) is 0 Å². The van der Waals surface area contributed by atoms with Gasteiger partial charge >= 0.3 is 0 Å². The van der Waals surface area contributed by atoms with E-state index in [1.807, 2.05) is 6.92 Å². The third kappa shape index (κ3) is 1.93. The predicted octanol–water partition coefficient (Wildman–Crippen LogP) is 3.40. The van der Waals surface area contributed by atoms with Crippen molar-refractivity contribution in [2.75, 3.05) is 5.73 Å². The van der Waals surface area contributed by atoms with Crippen molar-refractivity contribution in [1.29, 1.82) is 0 Å². The lowest BCUT2D eigenvalue weighted by atomic mass is 10.1. The summed E-state index contributed by atoms with van der Waals surface area (Å²) >= 11 is 0. The molecule has 19 heavy (non-hydrogen) atoms. The molecule has 1 aromatic heterocycles. The standard InChI is InChI=1S/C14H11F2N3/c1-7-4-9(17)2-3-10(7)14-18-12-6-8(15)5-11(16)13(12)19-14/h2-6H,17H2,1H3,(H,18,19). The first-order valence-electron chi connectivity index (χ1n) is 5.76. The molecule has 0 aliphatic rings. The molecule has 0 saturated carbocycles. The molecule has 3 aromatic rings. The Labute approximate surface area is 108 Å². The van der Waals surface area contributed by atoms with Crippen LogP contribution in [0.2, 0.25) is 0 Å². The lowest BCUT2D eigenvalue weighted by molar-refractivity contribution is 0.591. The number of nitrogens with two attached hydrogens (primary N) is 1. The number of aromatic amines is 1. The summed E-state index contributed by atoms with van der Waals surface area (Å²) in [4.78, 5) is 7.10. The van der Waals surface area contributed by atoms with E-state index in [2.05, 4.69) is 9.97 Å². The Kier molecular flexibility index (Phi) is 2.48. The SMILES string of the molecule is Cc1cc(N)ccc1-c1nc2c(F)cc(F)cc2[nH]1. The van der Waals surface area contributed by atoms with Crippen LogP contribution < -0.4 is 5.73 Å². The maximum Gasteiger partial charge on any atom is 0.153 e. The Morgan fingerprint density at radius 1 is 1.16 bits per heavy atom. The van der Waals surface area contributed by atoms with Crippen LogP contribution in [0.4, 0.5) is 14.5 Å². The van der Waals surface area contributed by atoms with Crippen LogP contribution in [-0.2, 0) is 0 Å². The number of imidazole rings is 1. The number of fused-ring (bicyclic) bond motifs is 1. The molecular formula is C14H11F2N3. The minimum Gasteiger partial charge on any atom is -0.399 e. The summed E-state index contributed by atoms with van der Waals surface area (Å²) in [5.41, 5.74) is 8.53. The number of nitrogen functional groups attached to an aromatic ring is 1. The van der Waals surface area contributed by atoms with Crippen molar-refractivity contribution in [3.8, 4) is 11.4 Å². The first kappa shape index (κ1) is 11.6. The largest absolute Gasteiger partial charge is 0.399 e. The second kappa shape index (κ2) is 4.05. The lowest BCUT2D eigenvalue weighted by Gasteiger charge is -2.03. The minimum atomic E-state index is -0.675. The molecule has 0 spiro atoms. The summed E-state index contributed by atoms with van der Waals surface area (Å²) in [6, 6.07) is 7.40. The highest BCUT2D eigenvalue weighted by Crippen LogP contribution is 2.26. The molecule has 0 unspecified atom stereocenters. The van der Waals surface area contributed by atoms with Crippen molar-refractivity contribution >= 4 is 16.7 Å². The molecule has 0 fully saturated rings. The second-order valence-corrected chi connectivity index (χ2v) is 4.44. The van der Waals surface area contributed by atoms with Crippen molar-refractivity contribution in [1.82, 2.24) is 9.97 Å². The zero-order valence-electron chi connectivity index (χ0n) is 10.2. The normalized spacial score (nSPS) is 11.1. The molecule has 3 nitrogen and oxygen atoms in total. The monoisotopic (exact) mass is 259 g/mol. The fraction of sp³-hybridized carbons (Fsp3) is 0.0714. The number of H-pyrrole nitrogens is 1. The van der Waals surface area contributed by atoms with Gasteiger partial charge in [0.1, 0.15) is 17.2 Å². The molecule has 0 bridgehead atoms. The average Bonchev–Trinajstić information content (AvgIpc) is 2.72. The number of aromatic nitrogens is 2. The van der Waals surface area contributed by atoms with E-state index in [-0.39, 0.29) is 5.52 Å². The van der Waals surface area contributed by atoms with Crippen LogP contribution in [0.25, 0.3) is 22.4 Å². The van der Waals surface area contributed by atoms with Crippen molar-refractivity contribution in [2.45, 2.75) is 6.92 Å². The van der Waals surface area contributed by atoms with E-state index in [9.17, 15) is 8.78 Å². The highest BCUT2D eigenvalue weighted by Gasteiger charge is 2.12. The van der Waals surface area contributed by atoms with Gasteiger partial charge in [-0.25, -0.2) is 13.8 Å². The summed E-state index contributed by atoms with van der Waals surface area (Å²) < 4.78 is 26.7. The van der Waals surface area contributed by atoms with Crippen molar-refractivity contribution in [2.24, 2.45) is 0 Å². The average molecular weight is 259 g/mol. The summed E-state index contributed by atoms with van der Waals surface area (Å²) in [5, 5.41) is 0. The number of nitrogens with zero attached hydrogens (tertiary/aromatic N) is 1. The van der Waals surface area contributed by atoms with Crippen LogP contribution in [0, 0.1) is 18.6 Å². The van der Waals surface area contributed by atoms with Gasteiger partial charge in [-0.15, -0.1) is 0 Å². The van der Waals surface area contributed by atoms with Gasteiger partial charge in [0, 0.05) is 17.3 Å². The van der Waals surface area contributed by atoms with Gasteiger partial charge in [-0.3, -0.25) is 0 Å². The number of anilines is 1. The number of halogens is 2. The molecule has 0 saturated heterocycles. The third-order valence-electron chi connectivity index (χ3n) is 3.01.